The van der Waals surface area contributed by atoms with Gasteiger partial charge in [-0.15, -0.1) is 0 Å². The summed E-state index contributed by atoms with van der Waals surface area (Å²) in [6.45, 7) is 3.30. The Morgan fingerprint density at radius 2 is 2.11 bits per heavy atom. The SMILES string of the molecule is CC/C(=C\C=O)C(C)=O. The van der Waals surface area contributed by atoms with Gasteiger partial charge in [-0.25, -0.2) is 0 Å². The molecular weight excluding hydrogens is 116 g/mol. The van der Waals surface area contributed by atoms with E-state index in [9.17, 15) is 9.59 Å². The monoisotopic (exact) mass is 126 g/mol. The van der Waals surface area contributed by atoms with Crippen LogP contribution < -0.4 is 0 Å². The van der Waals surface area contributed by atoms with Crippen LogP contribution in [0.25, 0.3) is 0 Å². The maximum Gasteiger partial charge on any atom is 0.155 e. The lowest BCUT2D eigenvalue weighted by Crippen LogP contribution is -1.94. The summed E-state index contributed by atoms with van der Waals surface area (Å²) in [5.74, 6) is -0.0235. The van der Waals surface area contributed by atoms with E-state index in [0.717, 1.165) is 0 Å². The van der Waals surface area contributed by atoms with E-state index in [4.69, 9.17) is 0 Å². The highest BCUT2D eigenvalue weighted by Gasteiger charge is 1.97. The van der Waals surface area contributed by atoms with Gasteiger partial charge >= 0.3 is 0 Å². The van der Waals surface area contributed by atoms with E-state index in [1.807, 2.05) is 6.92 Å². The number of hydrogen-bond acceptors (Lipinski definition) is 2. The van der Waals surface area contributed by atoms with Crippen LogP contribution in [0.4, 0.5) is 0 Å². The summed E-state index contributed by atoms with van der Waals surface area (Å²) >= 11 is 0. The van der Waals surface area contributed by atoms with Gasteiger partial charge in [0, 0.05) is 0 Å². The molecule has 9 heavy (non-hydrogen) atoms. The maximum absolute atomic E-state index is 10.5. The molecule has 0 rings (SSSR count). The molecule has 0 spiro atoms. The minimum absolute atomic E-state index is 0.0235. The highest BCUT2D eigenvalue weighted by molar-refractivity contribution is 5.96. The lowest BCUT2D eigenvalue weighted by Gasteiger charge is -1.92. The lowest BCUT2D eigenvalue weighted by atomic mass is 10.1. The minimum atomic E-state index is -0.0235. The topological polar surface area (TPSA) is 34.1 Å². The number of hydrogen-bond donors (Lipinski definition) is 0. The molecule has 0 unspecified atom stereocenters. The standard InChI is InChI=1S/C7H10O2/c1-3-7(4-5-8)6(2)9/h4-5H,3H2,1-2H3/b7-4+. The van der Waals surface area contributed by atoms with Crippen molar-refractivity contribution in [2.24, 2.45) is 0 Å². The summed E-state index contributed by atoms with van der Waals surface area (Å²) in [6, 6.07) is 0. The quantitative estimate of drug-likeness (QED) is 0.419. The Hall–Kier alpha value is -0.920. The van der Waals surface area contributed by atoms with Gasteiger partial charge in [0.2, 0.25) is 0 Å². The molecule has 0 heterocycles. The highest BCUT2D eigenvalue weighted by Crippen LogP contribution is 1.98. The van der Waals surface area contributed by atoms with Crippen LogP contribution in [0.5, 0.6) is 0 Å². The van der Waals surface area contributed by atoms with Gasteiger partial charge in [0.15, 0.2) is 5.78 Å². The van der Waals surface area contributed by atoms with Crippen LogP contribution >= 0.6 is 0 Å². The van der Waals surface area contributed by atoms with Crippen molar-refractivity contribution in [3.63, 3.8) is 0 Å². The van der Waals surface area contributed by atoms with Gasteiger partial charge in [-0.3, -0.25) is 9.59 Å². The van der Waals surface area contributed by atoms with E-state index in [1.165, 1.54) is 13.0 Å². The summed E-state index contributed by atoms with van der Waals surface area (Å²) in [7, 11) is 0. The molecule has 2 nitrogen and oxygen atoms in total. The Labute approximate surface area is 54.6 Å². The third-order valence-electron chi connectivity index (χ3n) is 1.10. The van der Waals surface area contributed by atoms with Crippen molar-refractivity contribution in [2.45, 2.75) is 20.3 Å². The number of aldehydes is 1. The zero-order valence-electron chi connectivity index (χ0n) is 5.68. The summed E-state index contributed by atoms with van der Waals surface area (Å²) < 4.78 is 0. The van der Waals surface area contributed by atoms with Crippen molar-refractivity contribution in [2.75, 3.05) is 0 Å². The third kappa shape index (κ3) is 2.80. The number of ketones is 1. The lowest BCUT2D eigenvalue weighted by molar-refractivity contribution is -0.114. The van der Waals surface area contributed by atoms with Gasteiger partial charge in [0.1, 0.15) is 6.29 Å². The molecule has 0 aromatic heterocycles. The number of allylic oxidation sites excluding steroid dienone is 2. The first-order chi connectivity index (χ1) is 4.22. The molecule has 0 radical (unpaired) electrons. The molecular formula is C7H10O2. The first kappa shape index (κ1) is 8.08. The second-order valence-corrected chi connectivity index (χ2v) is 1.74. The van der Waals surface area contributed by atoms with E-state index in [0.29, 0.717) is 18.3 Å². The number of Topliss-reactive ketones (excluding diaryl/α,β-unsaturated/α-hetero) is 1. The molecule has 0 bridgehead atoms. The Bertz CT molecular complexity index is 145. The van der Waals surface area contributed by atoms with Gasteiger partial charge in [0.05, 0.1) is 0 Å². The van der Waals surface area contributed by atoms with Crippen LogP contribution in [0, 0.1) is 0 Å². The molecule has 0 aliphatic heterocycles. The molecule has 50 valence electrons. The fourth-order valence-corrected chi connectivity index (χ4v) is 0.566. The normalized spacial score (nSPS) is 11.1. The van der Waals surface area contributed by atoms with Crippen LogP contribution in [0.1, 0.15) is 20.3 Å². The van der Waals surface area contributed by atoms with Gasteiger partial charge in [0.25, 0.3) is 0 Å². The summed E-state index contributed by atoms with van der Waals surface area (Å²) in [5, 5.41) is 0. The van der Waals surface area contributed by atoms with Crippen molar-refractivity contribution < 1.29 is 9.59 Å². The molecule has 0 fully saturated rings. The van der Waals surface area contributed by atoms with Crippen molar-refractivity contribution in [1.29, 1.82) is 0 Å². The Morgan fingerprint density at radius 1 is 1.56 bits per heavy atom. The number of carbonyl (C=O) groups excluding carboxylic acids is 2. The fraction of sp³-hybridized carbons (Fsp3) is 0.429. The largest absolute Gasteiger partial charge is 0.299 e. The average Bonchev–Trinajstić information content (AvgIpc) is 1.82. The van der Waals surface area contributed by atoms with Crippen molar-refractivity contribution in [3.05, 3.63) is 11.6 Å². The van der Waals surface area contributed by atoms with Crippen LogP contribution in [-0.2, 0) is 9.59 Å². The zero-order valence-corrected chi connectivity index (χ0v) is 5.68. The first-order valence-corrected chi connectivity index (χ1v) is 2.87. The summed E-state index contributed by atoms with van der Waals surface area (Å²) in [5.41, 5.74) is 0.588. The second kappa shape index (κ2) is 4.01. The van der Waals surface area contributed by atoms with Crippen LogP contribution in [0.2, 0.25) is 0 Å². The molecule has 0 N–H and O–H groups in total. The van der Waals surface area contributed by atoms with Gasteiger partial charge in [-0.05, 0) is 25.0 Å². The molecule has 0 saturated heterocycles. The minimum Gasteiger partial charge on any atom is -0.299 e. The van der Waals surface area contributed by atoms with Gasteiger partial charge in [-0.2, -0.15) is 0 Å². The fourth-order valence-electron chi connectivity index (χ4n) is 0.566. The highest BCUT2D eigenvalue weighted by atomic mass is 16.1. The summed E-state index contributed by atoms with van der Waals surface area (Å²) in [4.78, 5) is 20.4. The zero-order chi connectivity index (χ0) is 7.28. The smallest absolute Gasteiger partial charge is 0.155 e. The molecule has 0 aliphatic rings. The maximum atomic E-state index is 10.5. The molecule has 0 saturated carbocycles. The van der Waals surface area contributed by atoms with Crippen molar-refractivity contribution in [3.8, 4) is 0 Å². The average molecular weight is 126 g/mol. The number of rotatable bonds is 3. The Morgan fingerprint density at radius 3 is 2.22 bits per heavy atom. The van der Waals surface area contributed by atoms with E-state index in [-0.39, 0.29) is 5.78 Å². The van der Waals surface area contributed by atoms with E-state index >= 15 is 0 Å². The van der Waals surface area contributed by atoms with Crippen LogP contribution in [-0.4, -0.2) is 12.1 Å². The molecule has 0 amide bonds. The van der Waals surface area contributed by atoms with Gasteiger partial charge < -0.3 is 0 Å². The third-order valence-corrected chi connectivity index (χ3v) is 1.10. The van der Waals surface area contributed by atoms with Crippen LogP contribution in [0.15, 0.2) is 11.6 Å². The van der Waals surface area contributed by atoms with E-state index in [1.54, 1.807) is 0 Å². The van der Waals surface area contributed by atoms with Crippen molar-refractivity contribution in [1.82, 2.24) is 0 Å². The van der Waals surface area contributed by atoms with E-state index < -0.39 is 0 Å². The molecule has 0 atom stereocenters. The van der Waals surface area contributed by atoms with Crippen LogP contribution in [0.3, 0.4) is 0 Å². The molecule has 2 heteroatoms. The van der Waals surface area contributed by atoms with Crippen molar-refractivity contribution >= 4 is 12.1 Å². The second-order valence-electron chi connectivity index (χ2n) is 1.74. The Kier molecular flexibility index (Phi) is 3.60. The molecule has 0 aromatic carbocycles. The number of carbonyl (C=O) groups is 2. The van der Waals surface area contributed by atoms with Gasteiger partial charge in [-0.1, -0.05) is 6.92 Å². The first-order valence-electron chi connectivity index (χ1n) is 2.87. The van der Waals surface area contributed by atoms with E-state index in [2.05, 4.69) is 0 Å². The summed E-state index contributed by atoms with van der Waals surface area (Å²) in [6.07, 6.45) is 2.58. The Balaban J connectivity index is 4.14. The molecule has 0 aliphatic carbocycles. The predicted octanol–water partition coefficient (Wildman–Crippen LogP) is 1.11. The predicted molar refractivity (Wildman–Crippen MR) is 35.1 cm³/mol. The molecule has 0 aromatic rings.